The minimum Gasteiger partial charge on any atom is -0.299 e. The van der Waals surface area contributed by atoms with Gasteiger partial charge in [0.1, 0.15) is 5.78 Å². The van der Waals surface area contributed by atoms with E-state index in [9.17, 15) is 4.79 Å². The molecule has 0 amide bonds. The largest absolute Gasteiger partial charge is 0.299 e. The molecule has 0 radical (unpaired) electrons. The number of hydrogen-bond donors (Lipinski definition) is 0. The molecule has 176 valence electrons. The zero-order chi connectivity index (χ0) is 22.7. The number of hydrogen-bond acceptors (Lipinski definition) is 1. The van der Waals surface area contributed by atoms with Crippen LogP contribution < -0.4 is 0 Å². The maximum Gasteiger partial charge on any atom is 0.136 e. The molecule has 1 nitrogen and oxygen atoms in total. The van der Waals surface area contributed by atoms with Crippen LogP contribution >= 0.6 is 0 Å². The van der Waals surface area contributed by atoms with E-state index in [1.807, 2.05) is 0 Å². The van der Waals surface area contributed by atoms with Crippen molar-refractivity contribution in [1.29, 1.82) is 0 Å². The van der Waals surface area contributed by atoms with E-state index in [1.165, 1.54) is 57.8 Å². The number of carbonyl (C=O) groups excluding carboxylic acids is 1. The van der Waals surface area contributed by atoms with Crippen molar-refractivity contribution in [1.82, 2.24) is 0 Å². The second-order valence-electron chi connectivity index (χ2n) is 15.3. The van der Waals surface area contributed by atoms with E-state index >= 15 is 0 Å². The number of fused-ring (bicyclic) bond motifs is 7. The Morgan fingerprint density at radius 3 is 1.97 bits per heavy atom. The third-order valence-electron chi connectivity index (χ3n) is 13.7. The summed E-state index contributed by atoms with van der Waals surface area (Å²) in [6, 6.07) is 0. The van der Waals surface area contributed by atoms with Gasteiger partial charge in [-0.25, -0.2) is 0 Å². The maximum atomic E-state index is 12.7. The van der Waals surface area contributed by atoms with E-state index in [4.69, 9.17) is 0 Å². The van der Waals surface area contributed by atoms with Crippen LogP contribution in [0.1, 0.15) is 126 Å². The summed E-state index contributed by atoms with van der Waals surface area (Å²) in [6.07, 6.45) is 14.6. The molecule has 9 atom stereocenters. The summed E-state index contributed by atoms with van der Waals surface area (Å²) in [5.41, 5.74) is 2.67. The second-order valence-corrected chi connectivity index (χ2v) is 15.3. The van der Waals surface area contributed by atoms with Crippen molar-refractivity contribution in [3.05, 3.63) is 0 Å². The van der Waals surface area contributed by atoms with E-state index in [-0.39, 0.29) is 11.3 Å². The van der Waals surface area contributed by atoms with Crippen molar-refractivity contribution in [3.8, 4) is 0 Å². The van der Waals surface area contributed by atoms with Crippen molar-refractivity contribution in [3.63, 3.8) is 0 Å². The van der Waals surface area contributed by atoms with Gasteiger partial charge in [-0.2, -0.15) is 0 Å². The van der Waals surface area contributed by atoms with Crippen LogP contribution in [-0.2, 0) is 4.79 Å². The first-order chi connectivity index (χ1) is 14.2. The van der Waals surface area contributed by atoms with E-state index in [2.05, 4.69) is 55.4 Å². The van der Waals surface area contributed by atoms with Crippen molar-refractivity contribution >= 4 is 5.78 Å². The molecule has 0 unspecified atom stereocenters. The lowest BCUT2D eigenvalue weighted by molar-refractivity contribution is -0.256. The van der Waals surface area contributed by atoms with E-state index in [1.54, 1.807) is 0 Å². The Hall–Kier alpha value is -0.330. The number of ketones is 1. The van der Waals surface area contributed by atoms with Crippen LogP contribution in [-0.4, -0.2) is 5.78 Å². The van der Waals surface area contributed by atoms with Gasteiger partial charge in [-0.3, -0.25) is 4.79 Å². The SMILES string of the molecule is C[C@H]1C(=O)CC[C@@H]2[C@]3(C)CC[C@@]4(C)[C@H]5CC(C)(C)CC[C@]5(C)CC[C@]4(C)[C@@H]3CC[C@@]21C. The highest BCUT2D eigenvalue weighted by atomic mass is 16.1. The van der Waals surface area contributed by atoms with Crippen molar-refractivity contribution < 1.29 is 4.79 Å². The Bertz CT molecular complexity index is 781. The monoisotopic (exact) mass is 426 g/mol. The van der Waals surface area contributed by atoms with Crippen LogP contribution in [0.25, 0.3) is 0 Å². The third-order valence-corrected chi connectivity index (χ3v) is 13.7. The first-order valence-corrected chi connectivity index (χ1v) is 13.7. The van der Waals surface area contributed by atoms with Gasteiger partial charge >= 0.3 is 0 Å². The van der Waals surface area contributed by atoms with Gasteiger partial charge in [0.25, 0.3) is 0 Å². The number of rotatable bonds is 0. The molecule has 31 heavy (non-hydrogen) atoms. The summed E-state index contributed by atoms with van der Waals surface area (Å²) < 4.78 is 0. The smallest absolute Gasteiger partial charge is 0.136 e. The molecule has 0 bridgehead atoms. The van der Waals surface area contributed by atoms with Crippen LogP contribution in [0.15, 0.2) is 0 Å². The summed E-state index contributed by atoms with van der Waals surface area (Å²) in [7, 11) is 0. The van der Waals surface area contributed by atoms with Crippen LogP contribution in [0, 0.1) is 56.2 Å². The Balaban J connectivity index is 1.55. The van der Waals surface area contributed by atoms with Crippen LogP contribution in [0.2, 0.25) is 0 Å². The summed E-state index contributed by atoms with van der Waals surface area (Å²) in [5, 5.41) is 0. The molecule has 5 rings (SSSR count). The fourth-order valence-corrected chi connectivity index (χ4v) is 11.2. The highest BCUT2D eigenvalue weighted by Crippen LogP contribution is 2.78. The van der Waals surface area contributed by atoms with Crippen LogP contribution in [0.5, 0.6) is 0 Å². The van der Waals surface area contributed by atoms with Crippen LogP contribution in [0.3, 0.4) is 0 Å². The fraction of sp³-hybridized carbons (Fsp3) is 0.967. The molecular weight excluding hydrogens is 376 g/mol. The predicted octanol–water partition coefficient (Wildman–Crippen LogP) is 8.46. The Kier molecular flexibility index (Phi) is 4.65. The summed E-state index contributed by atoms with van der Waals surface area (Å²) in [6.45, 7) is 20.7. The molecule has 0 saturated heterocycles. The van der Waals surface area contributed by atoms with Gasteiger partial charge in [0, 0.05) is 12.3 Å². The summed E-state index contributed by atoms with van der Waals surface area (Å²) >= 11 is 0. The lowest BCUT2D eigenvalue weighted by Gasteiger charge is -2.74. The molecule has 0 spiro atoms. The van der Waals surface area contributed by atoms with Crippen molar-refractivity contribution in [2.75, 3.05) is 0 Å². The zero-order valence-corrected chi connectivity index (χ0v) is 22.0. The lowest BCUT2D eigenvalue weighted by Crippen LogP contribution is -2.67. The topological polar surface area (TPSA) is 17.1 Å². The molecule has 0 aromatic carbocycles. The molecule has 0 aliphatic heterocycles. The van der Waals surface area contributed by atoms with E-state index < -0.39 is 0 Å². The van der Waals surface area contributed by atoms with Crippen molar-refractivity contribution in [2.45, 2.75) is 126 Å². The minimum atomic E-state index is 0.237. The van der Waals surface area contributed by atoms with Crippen LogP contribution in [0.4, 0.5) is 0 Å². The average molecular weight is 427 g/mol. The quantitative estimate of drug-likeness (QED) is 0.379. The fourth-order valence-electron chi connectivity index (χ4n) is 11.2. The standard InChI is InChI=1S/C30H50O/c1-20-21(31)9-10-22-27(20,5)12-11-23-28(22,6)16-18-30(8)24-19-25(2,3)13-14-26(24,4)15-17-29(23,30)7/h20,22-24H,9-19H2,1-8H3/t20-,22-,23+,24-,26+,27+,28-,29+,30-/m0/s1. The van der Waals surface area contributed by atoms with Crippen molar-refractivity contribution in [2.24, 2.45) is 56.2 Å². The average Bonchev–Trinajstić information content (AvgIpc) is 2.69. The zero-order valence-electron chi connectivity index (χ0n) is 22.0. The molecule has 5 aliphatic rings. The minimum absolute atomic E-state index is 0.237. The molecule has 0 heterocycles. The second kappa shape index (κ2) is 6.41. The Labute approximate surface area is 192 Å². The molecule has 5 fully saturated rings. The highest BCUT2D eigenvalue weighted by Gasteiger charge is 2.70. The predicted molar refractivity (Wildman–Crippen MR) is 130 cm³/mol. The molecule has 0 aromatic heterocycles. The van der Waals surface area contributed by atoms with Gasteiger partial charge in [0.05, 0.1) is 0 Å². The normalized spacial score (nSPS) is 58.5. The molecule has 1 heteroatoms. The molecule has 5 aliphatic carbocycles. The van der Waals surface area contributed by atoms with Gasteiger partial charge in [0.15, 0.2) is 0 Å². The van der Waals surface area contributed by atoms with Gasteiger partial charge in [-0.1, -0.05) is 55.4 Å². The number of carbonyl (C=O) groups is 1. The summed E-state index contributed by atoms with van der Waals surface area (Å²) in [5.74, 6) is 3.27. The Morgan fingerprint density at radius 1 is 0.645 bits per heavy atom. The first kappa shape index (κ1) is 22.5. The molecule has 0 aromatic rings. The summed E-state index contributed by atoms with van der Waals surface area (Å²) in [4.78, 5) is 12.7. The van der Waals surface area contributed by atoms with Gasteiger partial charge in [0.2, 0.25) is 0 Å². The molecule has 0 N–H and O–H groups in total. The molecular formula is C30H50O. The Morgan fingerprint density at radius 2 is 1.26 bits per heavy atom. The maximum absolute atomic E-state index is 12.7. The van der Waals surface area contributed by atoms with Gasteiger partial charge in [-0.05, 0) is 114 Å². The molecule has 5 saturated carbocycles. The van der Waals surface area contributed by atoms with E-state index in [0.29, 0.717) is 32.9 Å². The first-order valence-electron chi connectivity index (χ1n) is 13.7. The highest BCUT2D eigenvalue weighted by molar-refractivity contribution is 5.82. The van der Waals surface area contributed by atoms with Gasteiger partial charge < -0.3 is 0 Å². The van der Waals surface area contributed by atoms with E-state index in [0.717, 1.165) is 30.6 Å². The lowest BCUT2D eigenvalue weighted by atomic mass is 9.30. The van der Waals surface area contributed by atoms with Gasteiger partial charge in [-0.15, -0.1) is 0 Å². The third kappa shape index (κ3) is 2.70. The number of Topliss-reactive ketones (excluding diaryl/α,β-unsaturated/α-hetero) is 1.